The van der Waals surface area contributed by atoms with Crippen molar-refractivity contribution in [1.29, 1.82) is 0 Å². The van der Waals surface area contributed by atoms with Gasteiger partial charge in [-0.25, -0.2) is 8.42 Å². The standard InChI is InChI=1S/C21H23N3O5S/c1-23(29-2)30(27,28)19-12-8-17(9-13-19)22-20(25)14-7-16-5-10-18(11-6-16)24-15-3-4-21(24)26/h5-14H,3-4,15H2,1-2H3,(H,22,25)/b14-7+. The maximum absolute atomic E-state index is 12.2. The molecule has 0 aliphatic carbocycles. The van der Waals surface area contributed by atoms with Crippen LogP contribution < -0.4 is 10.2 Å². The number of nitrogens with one attached hydrogen (secondary N) is 1. The van der Waals surface area contributed by atoms with E-state index in [0.717, 1.165) is 28.7 Å². The van der Waals surface area contributed by atoms with Crippen LogP contribution in [0.3, 0.4) is 0 Å². The van der Waals surface area contributed by atoms with Gasteiger partial charge in [0.25, 0.3) is 10.0 Å². The number of anilines is 2. The fourth-order valence-electron chi connectivity index (χ4n) is 3.00. The van der Waals surface area contributed by atoms with Crippen LogP contribution in [0.15, 0.2) is 59.5 Å². The first kappa shape index (κ1) is 21.7. The molecule has 9 heteroatoms. The molecule has 0 bridgehead atoms. The van der Waals surface area contributed by atoms with E-state index in [9.17, 15) is 18.0 Å². The SMILES string of the molecule is CON(C)S(=O)(=O)c1ccc(NC(=O)/C=C/c2ccc(N3CCCC3=O)cc2)cc1. The molecule has 158 valence electrons. The Morgan fingerprint density at radius 3 is 2.37 bits per heavy atom. The zero-order chi connectivity index (χ0) is 21.7. The Morgan fingerprint density at radius 2 is 1.80 bits per heavy atom. The van der Waals surface area contributed by atoms with Crippen molar-refractivity contribution in [2.75, 3.05) is 30.9 Å². The maximum Gasteiger partial charge on any atom is 0.264 e. The van der Waals surface area contributed by atoms with Gasteiger partial charge in [0, 0.05) is 37.5 Å². The lowest BCUT2D eigenvalue weighted by Crippen LogP contribution is -2.25. The Balaban J connectivity index is 1.60. The monoisotopic (exact) mass is 429 g/mol. The predicted molar refractivity (Wildman–Crippen MR) is 114 cm³/mol. The summed E-state index contributed by atoms with van der Waals surface area (Å²) in [5.41, 5.74) is 2.14. The summed E-state index contributed by atoms with van der Waals surface area (Å²) in [6.45, 7) is 0.734. The Kier molecular flexibility index (Phi) is 6.66. The second kappa shape index (κ2) is 9.21. The Hall–Kier alpha value is -3.01. The van der Waals surface area contributed by atoms with Crippen LogP contribution in [0, 0.1) is 0 Å². The van der Waals surface area contributed by atoms with Crippen molar-refractivity contribution in [3.8, 4) is 0 Å². The van der Waals surface area contributed by atoms with Crippen molar-refractivity contribution in [2.45, 2.75) is 17.7 Å². The molecule has 0 atom stereocenters. The van der Waals surface area contributed by atoms with E-state index >= 15 is 0 Å². The molecule has 1 aliphatic heterocycles. The largest absolute Gasteiger partial charge is 0.323 e. The second-order valence-electron chi connectivity index (χ2n) is 6.68. The van der Waals surface area contributed by atoms with Gasteiger partial charge in [-0.05, 0) is 54.5 Å². The smallest absolute Gasteiger partial charge is 0.264 e. The van der Waals surface area contributed by atoms with E-state index in [0.29, 0.717) is 12.1 Å². The highest BCUT2D eigenvalue weighted by Gasteiger charge is 2.21. The fraction of sp³-hybridized carbons (Fsp3) is 0.238. The van der Waals surface area contributed by atoms with Crippen LogP contribution in [-0.2, 0) is 24.4 Å². The number of carbonyl (C=O) groups excluding carboxylic acids is 2. The Bertz CT molecular complexity index is 1050. The lowest BCUT2D eigenvalue weighted by atomic mass is 10.2. The van der Waals surface area contributed by atoms with Crippen molar-refractivity contribution >= 4 is 39.3 Å². The van der Waals surface area contributed by atoms with Crippen molar-refractivity contribution in [1.82, 2.24) is 4.47 Å². The second-order valence-corrected chi connectivity index (χ2v) is 8.62. The minimum absolute atomic E-state index is 0.0527. The topological polar surface area (TPSA) is 96.0 Å². The normalized spacial score (nSPS) is 14.6. The number of hydroxylamine groups is 1. The minimum atomic E-state index is -3.73. The van der Waals surface area contributed by atoms with Gasteiger partial charge in [0.05, 0.1) is 12.0 Å². The molecule has 1 aliphatic rings. The molecule has 30 heavy (non-hydrogen) atoms. The van der Waals surface area contributed by atoms with E-state index < -0.39 is 10.0 Å². The summed E-state index contributed by atoms with van der Waals surface area (Å²) in [4.78, 5) is 30.5. The van der Waals surface area contributed by atoms with Gasteiger partial charge in [0.1, 0.15) is 0 Å². The molecule has 1 saturated heterocycles. The number of benzene rings is 2. The zero-order valence-corrected chi connectivity index (χ0v) is 17.6. The van der Waals surface area contributed by atoms with E-state index in [1.807, 2.05) is 24.3 Å². The third kappa shape index (κ3) is 4.93. The van der Waals surface area contributed by atoms with Crippen LogP contribution in [0.25, 0.3) is 6.08 Å². The van der Waals surface area contributed by atoms with Crippen molar-refractivity contribution in [3.05, 3.63) is 60.2 Å². The van der Waals surface area contributed by atoms with Crippen molar-refractivity contribution < 1.29 is 22.8 Å². The molecule has 2 amide bonds. The van der Waals surface area contributed by atoms with Gasteiger partial charge in [0.2, 0.25) is 11.8 Å². The van der Waals surface area contributed by atoms with E-state index in [4.69, 9.17) is 4.84 Å². The number of hydrogen-bond acceptors (Lipinski definition) is 5. The molecule has 1 heterocycles. The molecule has 2 aromatic rings. The minimum Gasteiger partial charge on any atom is -0.323 e. The van der Waals surface area contributed by atoms with Crippen LogP contribution >= 0.6 is 0 Å². The third-order valence-corrected chi connectivity index (χ3v) is 6.41. The van der Waals surface area contributed by atoms with E-state index in [2.05, 4.69) is 5.32 Å². The summed E-state index contributed by atoms with van der Waals surface area (Å²) in [6, 6.07) is 13.2. The predicted octanol–water partition coefficient (Wildman–Crippen LogP) is 2.65. The Labute approximate surface area is 175 Å². The zero-order valence-electron chi connectivity index (χ0n) is 16.7. The molecule has 3 rings (SSSR count). The molecule has 0 radical (unpaired) electrons. The molecule has 0 saturated carbocycles. The molecule has 0 unspecified atom stereocenters. The summed E-state index contributed by atoms with van der Waals surface area (Å²) in [6.07, 6.45) is 4.51. The highest BCUT2D eigenvalue weighted by molar-refractivity contribution is 7.89. The molecular formula is C21H23N3O5S. The maximum atomic E-state index is 12.2. The quantitative estimate of drug-likeness (QED) is 0.539. The Morgan fingerprint density at radius 1 is 1.13 bits per heavy atom. The van der Waals surface area contributed by atoms with Gasteiger partial charge in [-0.3, -0.25) is 14.4 Å². The van der Waals surface area contributed by atoms with Crippen LogP contribution in [0.1, 0.15) is 18.4 Å². The van der Waals surface area contributed by atoms with E-state index in [1.54, 1.807) is 11.0 Å². The number of nitrogens with zero attached hydrogens (tertiary/aromatic N) is 2. The average molecular weight is 429 g/mol. The van der Waals surface area contributed by atoms with E-state index in [-0.39, 0.29) is 16.7 Å². The van der Waals surface area contributed by atoms with Crippen LogP contribution in [-0.4, -0.2) is 45.4 Å². The summed E-state index contributed by atoms with van der Waals surface area (Å²) in [5.74, 6) is -0.219. The molecule has 1 fully saturated rings. The summed E-state index contributed by atoms with van der Waals surface area (Å²) in [5, 5.41) is 2.68. The van der Waals surface area contributed by atoms with Gasteiger partial charge in [-0.1, -0.05) is 16.6 Å². The summed E-state index contributed by atoms with van der Waals surface area (Å²) in [7, 11) is -1.18. The van der Waals surface area contributed by atoms with Crippen LogP contribution in [0.2, 0.25) is 0 Å². The highest BCUT2D eigenvalue weighted by Crippen LogP contribution is 2.22. The first-order chi connectivity index (χ1) is 14.3. The van der Waals surface area contributed by atoms with Gasteiger partial charge in [0.15, 0.2) is 0 Å². The molecular weight excluding hydrogens is 406 g/mol. The fourth-order valence-corrected chi connectivity index (χ4v) is 3.97. The molecule has 8 nitrogen and oxygen atoms in total. The number of rotatable bonds is 7. The summed E-state index contributed by atoms with van der Waals surface area (Å²) < 4.78 is 25.1. The van der Waals surface area contributed by atoms with Gasteiger partial charge >= 0.3 is 0 Å². The van der Waals surface area contributed by atoms with Crippen LogP contribution in [0.5, 0.6) is 0 Å². The first-order valence-corrected chi connectivity index (χ1v) is 10.8. The molecule has 0 spiro atoms. The first-order valence-electron chi connectivity index (χ1n) is 9.34. The lowest BCUT2D eigenvalue weighted by molar-refractivity contribution is -0.117. The highest BCUT2D eigenvalue weighted by atomic mass is 32.2. The number of sulfonamides is 1. The number of hydrogen-bond donors (Lipinski definition) is 1. The third-order valence-electron chi connectivity index (χ3n) is 4.72. The number of amides is 2. The van der Waals surface area contributed by atoms with Crippen LogP contribution in [0.4, 0.5) is 11.4 Å². The lowest BCUT2D eigenvalue weighted by Gasteiger charge is -2.15. The van der Waals surface area contributed by atoms with Gasteiger partial charge in [-0.2, -0.15) is 0 Å². The average Bonchev–Trinajstić information content (AvgIpc) is 3.18. The number of carbonyl (C=O) groups is 2. The molecule has 1 N–H and O–H groups in total. The molecule has 2 aromatic carbocycles. The van der Waals surface area contributed by atoms with Gasteiger partial charge in [-0.15, -0.1) is 0 Å². The molecule has 0 aromatic heterocycles. The van der Waals surface area contributed by atoms with E-state index in [1.165, 1.54) is 44.5 Å². The summed E-state index contributed by atoms with van der Waals surface area (Å²) >= 11 is 0. The van der Waals surface area contributed by atoms with Crippen molar-refractivity contribution in [2.24, 2.45) is 0 Å². The van der Waals surface area contributed by atoms with Gasteiger partial charge < -0.3 is 10.2 Å². The van der Waals surface area contributed by atoms with Crippen molar-refractivity contribution in [3.63, 3.8) is 0 Å².